The molecule has 0 saturated carbocycles. The van der Waals surface area contributed by atoms with Crippen molar-refractivity contribution in [3.8, 4) is 11.5 Å². The zero-order valence-electron chi connectivity index (χ0n) is 18.4. The van der Waals surface area contributed by atoms with Crippen LogP contribution in [0.5, 0.6) is 11.5 Å². The number of benzene rings is 2. The van der Waals surface area contributed by atoms with Crippen molar-refractivity contribution in [2.75, 3.05) is 14.2 Å². The predicted molar refractivity (Wildman–Crippen MR) is 124 cm³/mol. The second kappa shape index (κ2) is 9.70. The molecule has 0 saturated heterocycles. The lowest BCUT2D eigenvalue weighted by Crippen LogP contribution is -2.31. The van der Waals surface area contributed by atoms with Gasteiger partial charge in [-0.15, -0.1) is 0 Å². The van der Waals surface area contributed by atoms with Crippen LogP contribution in [0.3, 0.4) is 0 Å². The molecular formula is C25H24BrNO6. The molecule has 4 rings (SSSR count). The number of ether oxygens (including phenoxy) is 4. The lowest BCUT2D eigenvalue weighted by Gasteiger charge is -2.32. The van der Waals surface area contributed by atoms with E-state index >= 15 is 0 Å². The summed E-state index contributed by atoms with van der Waals surface area (Å²) in [6.07, 6.45) is 1.66. The highest BCUT2D eigenvalue weighted by atomic mass is 79.9. The highest BCUT2D eigenvalue weighted by Gasteiger charge is 2.41. The van der Waals surface area contributed by atoms with E-state index in [1.54, 1.807) is 13.2 Å². The summed E-state index contributed by atoms with van der Waals surface area (Å²) < 4.78 is 23.1. The number of ketones is 1. The van der Waals surface area contributed by atoms with Crippen molar-refractivity contribution in [1.29, 1.82) is 0 Å². The summed E-state index contributed by atoms with van der Waals surface area (Å²) in [5.41, 5.74) is 8.18. The van der Waals surface area contributed by atoms with Gasteiger partial charge in [0.25, 0.3) is 0 Å². The van der Waals surface area contributed by atoms with E-state index in [-0.39, 0.29) is 23.8 Å². The van der Waals surface area contributed by atoms with Gasteiger partial charge in [-0.1, -0.05) is 28.1 Å². The molecule has 1 atom stereocenters. The molecule has 1 unspecified atom stereocenters. The molecule has 7 nitrogen and oxygen atoms in total. The lowest BCUT2D eigenvalue weighted by atomic mass is 9.77. The Bertz CT molecular complexity index is 1170. The molecule has 33 heavy (non-hydrogen) atoms. The van der Waals surface area contributed by atoms with E-state index in [0.29, 0.717) is 47.7 Å². The fourth-order valence-electron chi connectivity index (χ4n) is 4.21. The van der Waals surface area contributed by atoms with Gasteiger partial charge < -0.3 is 24.7 Å². The van der Waals surface area contributed by atoms with E-state index < -0.39 is 11.9 Å². The Hall–Kier alpha value is -3.26. The first-order chi connectivity index (χ1) is 15.9. The summed E-state index contributed by atoms with van der Waals surface area (Å²) in [7, 11) is 2.85. The Morgan fingerprint density at radius 2 is 2.00 bits per heavy atom. The van der Waals surface area contributed by atoms with Crippen LogP contribution in [0.25, 0.3) is 0 Å². The number of hydrogen-bond donors (Lipinski definition) is 1. The molecule has 2 N–H and O–H groups in total. The predicted octanol–water partition coefficient (Wildman–Crippen LogP) is 4.50. The summed E-state index contributed by atoms with van der Waals surface area (Å²) in [5, 5.41) is 0. The van der Waals surface area contributed by atoms with Crippen LogP contribution >= 0.6 is 15.9 Å². The van der Waals surface area contributed by atoms with Crippen LogP contribution in [0.15, 0.2) is 69.7 Å². The Balaban J connectivity index is 1.76. The average molecular weight is 514 g/mol. The molecule has 2 aliphatic rings. The molecule has 1 aliphatic heterocycles. The molecule has 2 aromatic rings. The minimum Gasteiger partial charge on any atom is -0.496 e. The van der Waals surface area contributed by atoms with Crippen molar-refractivity contribution < 1.29 is 28.5 Å². The molecule has 1 aliphatic carbocycles. The quantitative estimate of drug-likeness (QED) is 0.567. The number of rotatable bonds is 6. The van der Waals surface area contributed by atoms with Crippen LogP contribution in [-0.2, 0) is 25.7 Å². The number of Topliss-reactive ketones (excluding diaryl/α,β-unsaturated/α-hetero) is 1. The van der Waals surface area contributed by atoms with Gasteiger partial charge in [-0.05, 0) is 42.3 Å². The van der Waals surface area contributed by atoms with Crippen molar-refractivity contribution in [3.05, 3.63) is 80.9 Å². The first-order valence-electron chi connectivity index (χ1n) is 10.5. The number of carbonyl (C=O) groups excluding carboxylic acids is 2. The minimum atomic E-state index is -0.690. The second-order valence-corrected chi connectivity index (χ2v) is 8.65. The van der Waals surface area contributed by atoms with E-state index in [1.165, 1.54) is 7.11 Å². The van der Waals surface area contributed by atoms with Gasteiger partial charge in [0, 0.05) is 28.5 Å². The maximum atomic E-state index is 12.9. The van der Waals surface area contributed by atoms with E-state index in [2.05, 4.69) is 15.9 Å². The van der Waals surface area contributed by atoms with Gasteiger partial charge in [0.05, 0.1) is 20.1 Å². The molecule has 2 aromatic carbocycles. The van der Waals surface area contributed by atoms with Crippen molar-refractivity contribution in [2.45, 2.75) is 31.8 Å². The Morgan fingerprint density at radius 3 is 2.73 bits per heavy atom. The van der Waals surface area contributed by atoms with Gasteiger partial charge in [0.2, 0.25) is 5.88 Å². The maximum absolute atomic E-state index is 12.9. The van der Waals surface area contributed by atoms with Crippen LogP contribution < -0.4 is 15.2 Å². The SMILES string of the molecule is COC(=O)C1=C(N)OC2=C(C(=O)CCC2)C1c1ccc(OC)c(COc2cccc(Br)c2)c1. The second-order valence-electron chi connectivity index (χ2n) is 7.74. The Morgan fingerprint density at radius 1 is 1.18 bits per heavy atom. The third kappa shape index (κ3) is 4.61. The van der Waals surface area contributed by atoms with Crippen LogP contribution in [0.1, 0.15) is 36.3 Å². The fraction of sp³-hybridized carbons (Fsp3) is 0.280. The largest absolute Gasteiger partial charge is 0.496 e. The molecular weight excluding hydrogens is 490 g/mol. The standard InChI is InChI=1S/C25H24BrNO6/c1-30-19-10-9-14(11-15(19)13-32-17-6-3-5-16(26)12-17)21-22-18(28)7-4-8-20(22)33-24(27)23(21)25(29)31-2/h3,5-6,9-12,21H,4,7-8,13,27H2,1-2H3. The number of carbonyl (C=O) groups is 2. The number of halogens is 1. The van der Waals surface area contributed by atoms with Gasteiger partial charge in [-0.2, -0.15) is 0 Å². The zero-order valence-corrected chi connectivity index (χ0v) is 19.9. The van der Waals surface area contributed by atoms with Gasteiger partial charge in [-0.25, -0.2) is 4.79 Å². The van der Waals surface area contributed by atoms with Crippen LogP contribution in [0.4, 0.5) is 0 Å². The highest BCUT2D eigenvalue weighted by Crippen LogP contribution is 2.44. The first kappa shape index (κ1) is 22.9. The third-order valence-electron chi connectivity index (χ3n) is 5.72. The van der Waals surface area contributed by atoms with Crippen molar-refractivity contribution in [1.82, 2.24) is 0 Å². The van der Waals surface area contributed by atoms with E-state index in [9.17, 15) is 9.59 Å². The van der Waals surface area contributed by atoms with Crippen LogP contribution in [-0.4, -0.2) is 26.0 Å². The van der Waals surface area contributed by atoms with Crippen molar-refractivity contribution in [3.63, 3.8) is 0 Å². The Kier molecular flexibility index (Phi) is 6.74. The number of methoxy groups -OCH3 is 2. The molecule has 0 bridgehead atoms. The molecule has 172 valence electrons. The van der Waals surface area contributed by atoms with Gasteiger partial charge >= 0.3 is 5.97 Å². The van der Waals surface area contributed by atoms with Gasteiger partial charge in [0.1, 0.15) is 29.4 Å². The van der Waals surface area contributed by atoms with Gasteiger partial charge in [-0.3, -0.25) is 4.79 Å². The molecule has 1 heterocycles. The molecule has 0 amide bonds. The number of nitrogens with two attached hydrogens (primary N) is 1. The number of esters is 1. The smallest absolute Gasteiger partial charge is 0.340 e. The van der Waals surface area contributed by atoms with E-state index in [0.717, 1.165) is 10.0 Å². The number of allylic oxidation sites excluding steroid dienone is 2. The lowest BCUT2D eigenvalue weighted by molar-refractivity contribution is -0.136. The minimum absolute atomic E-state index is 0.0388. The monoisotopic (exact) mass is 513 g/mol. The molecule has 0 radical (unpaired) electrons. The van der Waals surface area contributed by atoms with E-state index in [1.807, 2.05) is 36.4 Å². The zero-order chi connectivity index (χ0) is 23.5. The first-order valence-corrected chi connectivity index (χ1v) is 11.3. The average Bonchev–Trinajstić information content (AvgIpc) is 2.81. The molecule has 0 aromatic heterocycles. The summed E-state index contributed by atoms with van der Waals surface area (Å²) >= 11 is 3.44. The van der Waals surface area contributed by atoms with E-state index in [4.69, 9.17) is 24.7 Å². The fourth-order valence-corrected chi connectivity index (χ4v) is 4.59. The number of hydrogen-bond acceptors (Lipinski definition) is 7. The summed E-state index contributed by atoms with van der Waals surface area (Å²) in [5.74, 6) is 0.413. The summed E-state index contributed by atoms with van der Waals surface area (Å²) in [4.78, 5) is 25.6. The third-order valence-corrected chi connectivity index (χ3v) is 6.21. The Labute approximate surface area is 200 Å². The maximum Gasteiger partial charge on any atom is 0.340 e. The van der Waals surface area contributed by atoms with Crippen LogP contribution in [0.2, 0.25) is 0 Å². The van der Waals surface area contributed by atoms with Crippen LogP contribution in [0, 0.1) is 0 Å². The van der Waals surface area contributed by atoms with Crippen molar-refractivity contribution >= 4 is 27.7 Å². The van der Waals surface area contributed by atoms with Gasteiger partial charge in [0.15, 0.2) is 5.78 Å². The topological polar surface area (TPSA) is 97.1 Å². The highest BCUT2D eigenvalue weighted by molar-refractivity contribution is 9.10. The van der Waals surface area contributed by atoms with Crippen molar-refractivity contribution in [2.24, 2.45) is 5.73 Å². The molecule has 8 heteroatoms. The summed E-state index contributed by atoms with van der Waals surface area (Å²) in [6.45, 7) is 0.225. The summed E-state index contributed by atoms with van der Waals surface area (Å²) in [6, 6.07) is 13.0. The molecule has 0 fully saturated rings. The molecule has 0 spiro atoms. The normalized spacial score (nSPS) is 17.9.